The number of esters is 2. The summed E-state index contributed by atoms with van der Waals surface area (Å²) in [6, 6.07) is 0. The second kappa shape index (κ2) is 3.68. The molecule has 0 aromatic heterocycles. The van der Waals surface area contributed by atoms with E-state index in [4.69, 9.17) is 9.47 Å². The highest BCUT2D eigenvalue weighted by Crippen LogP contribution is 2.84. The Hall–Kier alpha value is -1.72. The third kappa shape index (κ3) is 1.05. The van der Waals surface area contributed by atoms with Crippen molar-refractivity contribution < 1.29 is 28.7 Å². The average molecular weight is 318 g/mol. The summed E-state index contributed by atoms with van der Waals surface area (Å²) in [6.07, 6.45) is 0.820. The lowest BCUT2D eigenvalue weighted by atomic mass is 9.53. The van der Waals surface area contributed by atoms with Crippen LogP contribution in [0.15, 0.2) is 0 Å². The Kier molecular flexibility index (Phi) is 2.19. The lowest BCUT2D eigenvalue weighted by molar-refractivity contribution is -0.180. The zero-order valence-corrected chi connectivity index (χ0v) is 13.0. The summed E-state index contributed by atoms with van der Waals surface area (Å²) in [5.41, 5.74) is -1.99. The third-order valence-corrected chi connectivity index (χ3v) is 7.83. The second-order valence-corrected chi connectivity index (χ2v) is 7.90. The predicted octanol–water partition coefficient (Wildman–Crippen LogP) is 0.379. The van der Waals surface area contributed by atoms with E-state index in [0.29, 0.717) is 0 Å². The maximum Gasteiger partial charge on any atom is 0.312 e. The molecule has 23 heavy (non-hydrogen) atoms. The number of carbonyl (C=O) groups is 4. The van der Waals surface area contributed by atoms with E-state index in [2.05, 4.69) is 0 Å². The average Bonchev–Trinajstić information content (AvgIpc) is 3.13. The Bertz CT molecular complexity index is 639. The first-order valence-corrected chi connectivity index (χ1v) is 8.17. The molecular formula is C17H18O6. The SMILES string of the molecule is COC(=O)[C@@]12C[C@@]3(C(=O)OC)[C@H]4CC(=O)[C@H]1[C@H]4[C@H]1[C@H]2CC(=O)[C@@H]13. The minimum Gasteiger partial charge on any atom is -0.469 e. The van der Waals surface area contributed by atoms with Crippen molar-refractivity contribution in [2.75, 3.05) is 14.2 Å². The van der Waals surface area contributed by atoms with Gasteiger partial charge < -0.3 is 9.47 Å². The van der Waals surface area contributed by atoms with Crippen LogP contribution in [0.4, 0.5) is 0 Å². The van der Waals surface area contributed by atoms with Gasteiger partial charge in [0.2, 0.25) is 0 Å². The fourth-order valence-electron chi connectivity index (χ4n) is 7.66. The number of carbonyl (C=O) groups excluding carboxylic acids is 4. The van der Waals surface area contributed by atoms with Gasteiger partial charge in [-0.05, 0) is 30.1 Å². The zero-order valence-electron chi connectivity index (χ0n) is 13.0. The molecule has 6 nitrogen and oxygen atoms in total. The number of hydrogen-bond donors (Lipinski definition) is 0. The van der Waals surface area contributed by atoms with Gasteiger partial charge >= 0.3 is 11.9 Å². The molecule has 0 aromatic carbocycles. The van der Waals surface area contributed by atoms with Crippen molar-refractivity contribution in [3.05, 3.63) is 0 Å². The maximum atomic E-state index is 12.8. The Morgan fingerprint density at radius 3 is 1.61 bits per heavy atom. The summed E-state index contributed by atoms with van der Waals surface area (Å²) >= 11 is 0. The maximum absolute atomic E-state index is 12.8. The first-order chi connectivity index (χ1) is 10.9. The number of ether oxygens (including phenoxy) is 2. The molecule has 0 unspecified atom stereocenters. The van der Waals surface area contributed by atoms with Gasteiger partial charge in [-0.1, -0.05) is 0 Å². The number of rotatable bonds is 2. The van der Waals surface area contributed by atoms with Crippen molar-refractivity contribution in [2.45, 2.75) is 19.3 Å². The fourth-order valence-corrected chi connectivity index (χ4v) is 7.66. The minimum absolute atomic E-state index is 0.0316. The highest BCUT2D eigenvalue weighted by molar-refractivity contribution is 6.02. The summed E-state index contributed by atoms with van der Waals surface area (Å²) in [5.74, 6) is -1.80. The molecule has 6 heteroatoms. The lowest BCUT2D eigenvalue weighted by Gasteiger charge is -2.48. The van der Waals surface area contributed by atoms with E-state index in [0.717, 1.165) is 0 Å². The summed E-state index contributed by atoms with van der Waals surface area (Å²) in [4.78, 5) is 50.9. The van der Waals surface area contributed by atoms with Gasteiger partial charge in [0, 0.05) is 24.7 Å². The van der Waals surface area contributed by atoms with Crippen LogP contribution in [0.3, 0.4) is 0 Å². The molecule has 0 radical (unpaired) electrons. The Balaban J connectivity index is 1.81. The summed E-state index contributed by atoms with van der Waals surface area (Å²) in [6.45, 7) is 0. The standard InChI is InChI=1S/C17H18O6/c1-22-14(20)16-5-17(15(21)23-2)7-4-8(18)12(16)11(7)10-6(16)3-9(19)13(10)17/h6-7,10-13H,3-5H2,1-2H3/t6-,7+,10-,11-,12+,13+,16-,17-/m1/s1. The van der Waals surface area contributed by atoms with Gasteiger partial charge in [0.15, 0.2) is 0 Å². The van der Waals surface area contributed by atoms with Crippen LogP contribution in [0, 0.1) is 46.3 Å². The number of Topliss-reactive ketones (excluding diaryl/α,β-unsaturated/α-hetero) is 2. The van der Waals surface area contributed by atoms with Gasteiger partial charge in [-0.3, -0.25) is 19.2 Å². The summed E-state index contributed by atoms with van der Waals surface area (Å²) < 4.78 is 10.1. The van der Waals surface area contributed by atoms with Crippen LogP contribution in [-0.2, 0) is 28.7 Å². The summed E-state index contributed by atoms with van der Waals surface area (Å²) in [5, 5.41) is 0. The highest BCUT2D eigenvalue weighted by Gasteiger charge is 2.89. The molecule has 6 aliphatic rings. The van der Waals surface area contributed by atoms with Crippen LogP contribution in [0.1, 0.15) is 19.3 Å². The van der Waals surface area contributed by atoms with Crippen LogP contribution in [0.25, 0.3) is 0 Å². The van der Waals surface area contributed by atoms with E-state index in [1.54, 1.807) is 0 Å². The molecule has 0 heterocycles. The van der Waals surface area contributed by atoms with E-state index < -0.39 is 22.8 Å². The lowest BCUT2D eigenvalue weighted by Crippen LogP contribution is -2.55. The van der Waals surface area contributed by atoms with Gasteiger partial charge in [-0.2, -0.15) is 0 Å². The molecule has 6 aliphatic carbocycles. The number of methoxy groups -OCH3 is 2. The first-order valence-electron chi connectivity index (χ1n) is 8.17. The van der Waals surface area contributed by atoms with Crippen molar-refractivity contribution in [2.24, 2.45) is 46.3 Å². The van der Waals surface area contributed by atoms with Crippen LogP contribution >= 0.6 is 0 Å². The van der Waals surface area contributed by atoms with Crippen LogP contribution in [-0.4, -0.2) is 37.7 Å². The van der Waals surface area contributed by atoms with E-state index in [1.807, 2.05) is 0 Å². The van der Waals surface area contributed by atoms with Crippen molar-refractivity contribution in [3.8, 4) is 0 Å². The smallest absolute Gasteiger partial charge is 0.312 e. The second-order valence-electron chi connectivity index (χ2n) is 7.90. The van der Waals surface area contributed by atoms with E-state index in [9.17, 15) is 19.2 Å². The van der Waals surface area contributed by atoms with Gasteiger partial charge in [-0.15, -0.1) is 0 Å². The topological polar surface area (TPSA) is 86.7 Å². The Morgan fingerprint density at radius 2 is 1.26 bits per heavy atom. The molecule has 0 spiro atoms. The minimum atomic E-state index is -0.995. The highest BCUT2D eigenvalue weighted by atomic mass is 16.5. The van der Waals surface area contributed by atoms with Crippen LogP contribution in [0.5, 0.6) is 0 Å². The van der Waals surface area contributed by atoms with Gasteiger partial charge in [-0.25, -0.2) is 0 Å². The number of ketones is 2. The van der Waals surface area contributed by atoms with Gasteiger partial charge in [0.1, 0.15) is 11.6 Å². The molecule has 0 aliphatic heterocycles. The van der Waals surface area contributed by atoms with Crippen molar-refractivity contribution >= 4 is 23.5 Å². The molecule has 6 saturated carbocycles. The third-order valence-electron chi connectivity index (χ3n) is 7.83. The largest absolute Gasteiger partial charge is 0.469 e. The Labute approximate surface area is 132 Å². The molecule has 8 atom stereocenters. The van der Waals surface area contributed by atoms with E-state index in [-0.39, 0.29) is 66.3 Å². The van der Waals surface area contributed by atoms with Gasteiger partial charge in [0.25, 0.3) is 0 Å². The number of hydrogen-bond acceptors (Lipinski definition) is 6. The fraction of sp³-hybridized carbons (Fsp3) is 0.765. The molecule has 0 N–H and O–H groups in total. The van der Waals surface area contributed by atoms with Crippen molar-refractivity contribution in [1.82, 2.24) is 0 Å². The van der Waals surface area contributed by atoms with Crippen LogP contribution in [0.2, 0.25) is 0 Å². The predicted molar refractivity (Wildman–Crippen MR) is 73.7 cm³/mol. The normalized spacial score (nSPS) is 54.0. The molecular weight excluding hydrogens is 300 g/mol. The molecule has 6 fully saturated rings. The first kappa shape index (κ1) is 13.7. The van der Waals surface area contributed by atoms with E-state index in [1.165, 1.54) is 14.2 Å². The zero-order chi connectivity index (χ0) is 16.3. The molecule has 122 valence electrons. The molecule has 8 bridgehead atoms. The molecule has 0 saturated heterocycles. The van der Waals surface area contributed by atoms with Crippen molar-refractivity contribution in [1.29, 1.82) is 0 Å². The van der Waals surface area contributed by atoms with Gasteiger partial charge in [0.05, 0.1) is 25.0 Å². The van der Waals surface area contributed by atoms with Crippen LogP contribution < -0.4 is 0 Å². The monoisotopic (exact) mass is 318 g/mol. The van der Waals surface area contributed by atoms with E-state index >= 15 is 0 Å². The Morgan fingerprint density at radius 1 is 0.870 bits per heavy atom. The van der Waals surface area contributed by atoms with Crippen molar-refractivity contribution in [3.63, 3.8) is 0 Å². The summed E-state index contributed by atoms with van der Waals surface area (Å²) in [7, 11) is 2.64. The molecule has 6 rings (SSSR count). The quantitative estimate of drug-likeness (QED) is 0.684. The molecule has 0 amide bonds. The molecule has 0 aromatic rings.